The zero-order valence-electron chi connectivity index (χ0n) is 7.43. The molecule has 0 aromatic heterocycles. The monoisotopic (exact) mass is 151 g/mol. The Hall–Kier alpha value is -0.560. The average Bonchev–Trinajstić information content (AvgIpc) is 1.86. The first kappa shape index (κ1) is 8.54. The van der Waals surface area contributed by atoms with Crippen molar-refractivity contribution in [1.29, 1.82) is 0 Å². The van der Waals surface area contributed by atoms with E-state index < -0.39 is 0 Å². The summed E-state index contributed by atoms with van der Waals surface area (Å²) in [5, 5.41) is 0. The van der Waals surface area contributed by atoms with Crippen molar-refractivity contribution in [3.8, 4) is 0 Å². The summed E-state index contributed by atoms with van der Waals surface area (Å²) in [4.78, 5) is 0. The molecule has 0 bridgehead atoms. The second-order valence-corrected chi connectivity index (χ2v) is 3.86. The summed E-state index contributed by atoms with van der Waals surface area (Å²) in [6.07, 6.45) is 6.52. The van der Waals surface area contributed by atoms with E-state index in [0.29, 0.717) is 5.92 Å². The summed E-state index contributed by atoms with van der Waals surface area (Å²) >= 11 is 0. The van der Waals surface area contributed by atoms with Crippen LogP contribution in [0.3, 0.4) is 0 Å². The fourth-order valence-electron chi connectivity index (χ4n) is 1.39. The predicted molar refractivity (Wildman–Crippen MR) is 49.3 cm³/mol. The topological polar surface area (TPSA) is 26.0 Å². The van der Waals surface area contributed by atoms with Crippen molar-refractivity contribution in [2.45, 2.75) is 32.2 Å². The normalized spacial score (nSPS) is 37.2. The van der Waals surface area contributed by atoms with Crippen LogP contribution in [0.5, 0.6) is 0 Å². The largest absolute Gasteiger partial charge is 0.322 e. The molecular formula is C10H17N. The zero-order valence-corrected chi connectivity index (χ0v) is 7.43. The molecule has 11 heavy (non-hydrogen) atoms. The summed E-state index contributed by atoms with van der Waals surface area (Å²) in [6.45, 7) is 8.08. The quantitative estimate of drug-likeness (QED) is 0.571. The van der Waals surface area contributed by atoms with Crippen LogP contribution in [0, 0.1) is 5.92 Å². The second kappa shape index (κ2) is 2.82. The predicted octanol–water partition coefficient (Wildman–Crippen LogP) is 2.25. The Morgan fingerprint density at radius 1 is 1.73 bits per heavy atom. The van der Waals surface area contributed by atoms with Gasteiger partial charge in [-0.25, -0.2) is 0 Å². The fourth-order valence-corrected chi connectivity index (χ4v) is 1.39. The summed E-state index contributed by atoms with van der Waals surface area (Å²) in [5.41, 5.74) is 7.09. The molecule has 0 aromatic carbocycles. The van der Waals surface area contributed by atoms with E-state index >= 15 is 0 Å². The van der Waals surface area contributed by atoms with Crippen LogP contribution in [-0.4, -0.2) is 5.54 Å². The smallest absolute Gasteiger partial charge is 0.0310 e. The van der Waals surface area contributed by atoms with Crippen LogP contribution >= 0.6 is 0 Å². The lowest BCUT2D eigenvalue weighted by Gasteiger charge is -2.28. The van der Waals surface area contributed by atoms with E-state index in [-0.39, 0.29) is 5.54 Å². The van der Waals surface area contributed by atoms with Crippen LogP contribution in [0.25, 0.3) is 0 Å². The van der Waals surface area contributed by atoms with Crippen LogP contribution in [-0.2, 0) is 0 Å². The lowest BCUT2D eigenvalue weighted by molar-refractivity contribution is 0.451. The first-order valence-electron chi connectivity index (χ1n) is 4.15. The minimum Gasteiger partial charge on any atom is -0.322 e. The molecule has 2 atom stereocenters. The SMILES string of the molecule is C=C(C)C1C=CC(C)(N)CC1. The Labute approximate surface area is 69.0 Å². The molecular weight excluding hydrogens is 134 g/mol. The zero-order chi connectivity index (χ0) is 8.48. The van der Waals surface area contributed by atoms with Gasteiger partial charge in [-0.1, -0.05) is 24.3 Å². The first-order valence-corrected chi connectivity index (χ1v) is 4.15. The maximum absolute atomic E-state index is 5.92. The Kier molecular flexibility index (Phi) is 2.19. The Balaban J connectivity index is 2.63. The summed E-state index contributed by atoms with van der Waals surface area (Å²) in [6, 6.07) is 0. The van der Waals surface area contributed by atoms with E-state index in [0.717, 1.165) is 12.8 Å². The molecule has 0 aliphatic heterocycles. The van der Waals surface area contributed by atoms with Crippen molar-refractivity contribution < 1.29 is 0 Å². The molecule has 0 radical (unpaired) electrons. The van der Waals surface area contributed by atoms with E-state index in [1.807, 2.05) is 0 Å². The van der Waals surface area contributed by atoms with E-state index in [1.54, 1.807) is 0 Å². The number of nitrogens with two attached hydrogens (primary N) is 1. The minimum atomic E-state index is -0.0774. The van der Waals surface area contributed by atoms with Crippen molar-refractivity contribution in [2.75, 3.05) is 0 Å². The van der Waals surface area contributed by atoms with E-state index in [1.165, 1.54) is 5.57 Å². The summed E-state index contributed by atoms with van der Waals surface area (Å²) in [5.74, 6) is 0.562. The second-order valence-electron chi connectivity index (χ2n) is 3.86. The maximum Gasteiger partial charge on any atom is 0.0310 e. The highest BCUT2D eigenvalue weighted by molar-refractivity contribution is 5.16. The molecule has 62 valence electrons. The Morgan fingerprint density at radius 3 is 2.73 bits per heavy atom. The van der Waals surface area contributed by atoms with E-state index in [9.17, 15) is 0 Å². The van der Waals surface area contributed by atoms with Gasteiger partial charge >= 0.3 is 0 Å². The molecule has 0 heterocycles. The van der Waals surface area contributed by atoms with E-state index in [2.05, 4.69) is 32.6 Å². The van der Waals surface area contributed by atoms with Crippen molar-refractivity contribution in [3.05, 3.63) is 24.3 Å². The number of allylic oxidation sites excluding steroid dienone is 2. The van der Waals surface area contributed by atoms with Gasteiger partial charge in [0.25, 0.3) is 0 Å². The maximum atomic E-state index is 5.92. The standard InChI is InChI=1S/C10H17N/c1-8(2)9-4-6-10(3,11)7-5-9/h4,6,9H,1,5,7,11H2,2-3H3. The van der Waals surface area contributed by atoms with Crippen LogP contribution in [0.4, 0.5) is 0 Å². The molecule has 0 fully saturated rings. The third kappa shape index (κ3) is 2.19. The molecule has 1 nitrogen and oxygen atoms in total. The molecule has 0 spiro atoms. The molecule has 2 N–H and O–H groups in total. The third-order valence-corrected chi connectivity index (χ3v) is 2.34. The van der Waals surface area contributed by atoms with Crippen molar-refractivity contribution in [2.24, 2.45) is 11.7 Å². The summed E-state index contributed by atoms with van der Waals surface area (Å²) < 4.78 is 0. The molecule has 1 aliphatic carbocycles. The lowest BCUT2D eigenvalue weighted by atomic mass is 9.82. The van der Waals surface area contributed by atoms with Gasteiger partial charge in [0.15, 0.2) is 0 Å². The molecule has 0 amide bonds. The molecule has 0 saturated heterocycles. The van der Waals surface area contributed by atoms with Gasteiger partial charge in [-0.15, -0.1) is 0 Å². The Morgan fingerprint density at radius 2 is 2.36 bits per heavy atom. The minimum absolute atomic E-state index is 0.0774. The van der Waals surface area contributed by atoms with Crippen molar-refractivity contribution in [3.63, 3.8) is 0 Å². The van der Waals surface area contributed by atoms with Crippen molar-refractivity contribution in [1.82, 2.24) is 0 Å². The van der Waals surface area contributed by atoms with Gasteiger partial charge in [0.05, 0.1) is 0 Å². The van der Waals surface area contributed by atoms with Gasteiger partial charge in [0.2, 0.25) is 0 Å². The average molecular weight is 151 g/mol. The van der Waals surface area contributed by atoms with Crippen LogP contribution in [0.2, 0.25) is 0 Å². The van der Waals surface area contributed by atoms with Gasteiger partial charge in [-0.3, -0.25) is 0 Å². The van der Waals surface area contributed by atoms with Crippen molar-refractivity contribution >= 4 is 0 Å². The van der Waals surface area contributed by atoms with Crippen LogP contribution in [0.1, 0.15) is 26.7 Å². The van der Waals surface area contributed by atoms with E-state index in [4.69, 9.17) is 5.73 Å². The van der Waals surface area contributed by atoms with Gasteiger partial charge in [-0.2, -0.15) is 0 Å². The molecule has 1 aliphatic rings. The highest BCUT2D eigenvalue weighted by atomic mass is 14.7. The fraction of sp³-hybridized carbons (Fsp3) is 0.600. The number of rotatable bonds is 1. The molecule has 0 saturated carbocycles. The van der Waals surface area contributed by atoms with Gasteiger partial charge < -0.3 is 5.73 Å². The van der Waals surface area contributed by atoms with Crippen LogP contribution < -0.4 is 5.73 Å². The molecule has 1 heteroatoms. The highest BCUT2D eigenvalue weighted by Crippen LogP contribution is 2.27. The van der Waals surface area contributed by atoms with Gasteiger partial charge in [0.1, 0.15) is 0 Å². The molecule has 1 rings (SSSR count). The number of hydrogen-bond donors (Lipinski definition) is 1. The number of hydrogen-bond acceptors (Lipinski definition) is 1. The van der Waals surface area contributed by atoms with Gasteiger partial charge in [0, 0.05) is 5.54 Å². The lowest BCUT2D eigenvalue weighted by Crippen LogP contribution is -2.36. The molecule has 2 unspecified atom stereocenters. The molecule has 0 aromatic rings. The Bertz CT molecular complexity index is 189. The first-order chi connectivity index (χ1) is 5.01. The summed E-state index contributed by atoms with van der Waals surface area (Å²) in [7, 11) is 0. The highest BCUT2D eigenvalue weighted by Gasteiger charge is 2.21. The van der Waals surface area contributed by atoms with Gasteiger partial charge in [-0.05, 0) is 32.6 Å². The third-order valence-electron chi connectivity index (χ3n) is 2.34. The van der Waals surface area contributed by atoms with Crippen LogP contribution in [0.15, 0.2) is 24.3 Å².